The monoisotopic (exact) mass is 468 g/mol. The minimum Gasteiger partial charge on any atom is -0.352 e. The van der Waals surface area contributed by atoms with Crippen LogP contribution in [0.4, 0.5) is 11.4 Å². The van der Waals surface area contributed by atoms with E-state index >= 15 is 0 Å². The zero-order valence-electron chi connectivity index (χ0n) is 18.4. The lowest BCUT2D eigenvalue weighted by Gasteiger charge is -2.37. The number of nitrogens with zero attached hydrogens (tertiary/aromatic N) is 1. The number of ketones is 2. The molecule has 3 aromatic carbocycles. The Morgan fingerprint density at radius 2 is 1.68 bits per heavy atom. The Hall–Kier alpha value is -3.70. The summed E-state index contributed by atoms with van der Waals surface area (Å²) in [6, 6.07) is 20.7. The van der Waals surface area contributed by atoms with Gasteiger partial charge in [0.1, 0.15) is 5.41 Å². The van der Waals surface area contributed by atoms with Crippen LogP contribution in [0.1, 0.15) is 28.4 Å². The Morgan fingerprint density at radius 3 is 2.47 bits per heavy atom. The summed E-state index contributed by atoms with van der Waals surface area (Å²) in [4.78, 5) is 43.5. The first kappa shape index (κ1) is 20.9. The number of Topliss-reactive ketones (excluding diaryl/α,β-unsaturated/α-hetero) is 2. The third-order valence-electron chi connectivity index (χ3n) is 7.38. The molecule has 3 heterocycles. The number of rotatable bonds is 3. The third kappa shape index (κ3) is 2.59. The summed E-state index contributed by atoms with van der Waals surface area (Å²) in [5, 5.41) is 3.30. The van der Waals surface area contributed by atoms with E-state index in [1.54, 1.807) is 24.3 Å². The number of fused-ring (bicyclic) bond motifs is 6. The summed E-state index contributed by atoms with van der Waals surface area (Å²) in [7, 11) is 0. The van der Waals surface area contributed by atoms with Crippen molar-refractivity contribution in [2.75, 3.05) is 10.2 Å². The minimum atomic E-state index is -1.28. The smallest absolute Gasteiger partial charge is 0.238 e. The van der Waals surface area contributed by atoms with E-state index in [1.807, 2.05) is 65.6 Å². The lowest BCUT2D eigenvalue weighted by atomic mass is 9.64. The molecule has 168 valence electrons. The van der Waals surface area contributed by atoms with E-state index in [4.69, 9.17) is 11.6 Å². The van der Waals surface area contributed by atoms with Crippen LogP contribution < -0.4 is 10.2 Å². The van der Waals surface area contributed by atoms with Crippen LogP contribution >= 0.6 is 11.6 Å². The molecule has 0 radical (unpaired) electrons. The van der Waals surface area contributed by atoms with Crippen LogP contribution in [0.25, 0.3) is 6.08 Å². The fraction of sp³-hybridized carbons (Fsp3) is 0.179. The van der Waals surface area contributed by atoms with Gasteiger partial charge in [-0.15, -0.1) is 0 Å². The van der Waals surface area contributed by atoms with Gasteiger partial charge in [-0.2, -0.15) is 0 Å². The first-order chi connectivity index (χ1) is 16.5. The molecule has 3 aromatic rings. The van der Waals surface area contributed by atoms with Crippen molar-refractivity contribution in [2.45, 2.75) is 24.4 Å². The van der Waals surface area contributed by atoms with Crippen molar-refractivity contribution >= 4 is 46.5 Å². The molecule has 1 fully saturated rings. The molecule has 6 rings (SSSR count). The van der Waals surface area contributed by atoms with E-state index in [0.717, 1.165) is 16.8 Å². The fourth-order valence-corrected chi connectivity index (χ4v) is 6.33. The molecule has 0 aromatic heterocycles. The average molecular weight is 469 g/mol. The highest BCUT2D eigenvalue weighted by molar-refractivity contribution is 6.34. The van der Waals surface area contributed by atoms with Gasteiger partial charge in [-0.1, -0.05) is 72.3 Å². The van der Waals surface area contributed by atoms with Crippen LogP contribution in [-0.4, -0.2) is 29.6 Å². The second-order valence-corrected chi connectivity index (χ2v) is 9.42. The summed E-state index contributed by atoms with van der Waals surface area (Å²) < 4.78 is 0. The van der Waals surface area contributed by atoms with Gasteiger partial charge in [0.25, 0.3) is 0 Å². The molecule has 0 aliphatic carbocycles. The Kier molecular flexibility index (Phi) is 4.55. The molecule has 3 aliphatic rings. The summed E-state index contributed by atoms with van der Waals surface area (Å²) in [6.45, 7) is 1.49. The lowest BCUT2D eigenvalue weighted by Crippen LogP contribution is -2.51. The first-order valence-electron chi connectivity index (χ1n) is 11.2. The molecule has 0 saturated carbocycles. The molecule has 0 unspecified atom stereocenters. The van der Waals surface area contributed by atoms with Gasteiger partial charge in [0.15, 0.2) is 11.6 Å². The number of carbonyl (C=O) groups is 3. The summed E-state index contributed by atoms with van der Waals surface area (Å²) >= 11 is 6.46. The molecule has 6 heteroatoms. The predicted octanol–water partition coefficient (Wildman–Crippen LogP) is 4.90. The van der Waals surface area contributed by atoms with E-state index < -0.39 is 23.4 Å². The van der Waals surface area contributed by atoms with Crippen molar-refractivity contribution < 1.29 is 14.4 Å². The average Bonchev–Trinajstić information content (AvgIpc) is 3.32. The molecular formula is C28H21ClN2O3. The number of carbonyl (C=O) groups excluding carboxylic acids is 3. The number of hydrogen-bond donors (Lipinski definition) is 1. The fourth-order valence-electron chi connectivity index (χ4n) is 6.10. The summed E-state index contributed by atoms with van der Waals surface area (Å²) in [5.74, 6) is -1.72. The molecule has 0 bridgehead atoms. The number of halogens is 1. The number of para-hydroxylation sites is 2. The van der Waals surface area contributed by atoms with Gasteiger partial charge in [0.2, 0.25) is 5.91 Å². The standard InChI is InChI=1S/C28H21ClN2O3/c1-16(32)25-24(26(33)18-9-3-5-11-20(18)29)28(19-10-4-6-12-21(19)30-27(28)34)23-15-14-17-8-2-7-13-22(17)31(23)25/h2-15,23-25H,1H3,(H,30,34)/t23-,24-,25+,28-/m1/s1. The van der Waals surface area contributed by atoms with Gasteiger partial charge in [-0.25, -0.2) is 0 Å². The van der Waals surface area contributed by atoms with Crippen molar-refractivity contribution in [3.8, 4) is 0 Å². The highest BCUT2D eigenvalue weighted by Crippen LogP contribution is 2.57. The van der Waals surface area contributed by atoms with Crippen LogP contribution in [-0.2, 0) is 15.0 Å². The van der Waals surface area contributed by atoms with Crippen molar-refractivity contribution in [3.05, 3.63) is 101 Å². The van der Waals surface area contributed by atoms with E-state index in [1.165, 1.54) is 6.92 Å². The number of amides is 1. The minimum absolute atomic E-state index is 0.172. The molecule has 1 N–H and O–H groups in total. The van der Waals surface area contributed by atoms with Crippen LogP contribution in [0.15, 0.2) is 78.9 Å². The van der Waals surface area contributed by atoms with Crippen LogP contribution in [0.5, 0.6) is 0 Å². The van der Waals surface area contributed by atoms with Crippen LogP contribution in [0.3, 0.4) is 0 Å². The number of nitrogens with one attached hydrogen (secondary N) is 1. The van der Waals surface area contributed by atoms with Gasteiger partial charge >= 0.3 is 0 Å². The highest BCUT2D eigenvalue weighted by atomic mass is 35.5. The molecule has 4 atom stereocenters. The largest absolute Gasteiger partial charge is 0.352 e. The first-order valence-corrected chi connectivity index (χ1v) is 11.6. The van der Waals surface area contributed by atoms with Crippen molar-refractivity contribution in [2.24, 2.45) is 5.92 Å². The van der Waals surface area contributed by atoms with E-state index in [-0.39, 0.29) is 17.5 Å². The van der Waals surface area contributed by atoms with Gasteiger partial charge in [-0.3, -0.25) is 14.4 Å². The third-order valence-corrected chi connectivity index (χ3v) is 7.71. The second-order valence-electron chi connectivity index (χ2n) is 9.02. The highest BCUT2D eigenvalue weighted by Gasteiger charge is 2.69. The maximum atomic E-state index is 14.3. The van der Waals surface area contributed by atoms with Gasteiger partial charge < -0.3 is 10.2 Å². The number of hydrogen-bond acceptors (Lipinski definition) is 4. The SMILES string of the molecule is CC(=O)[C@H]1[C@H](C(=O)c2ccccc2Cl)[C@]2(C(=O)Nc3ccccc32)[C@H]2C=Cc3ccccc3N12. The van der Waals surface area contributed by atoms with E-state index in [9.17, 15) is 14.4 Å². The van der Waals surface area contributed by atoms with Crippen LogP contribution in [0.2, 0.25) is 5.02 Å². The molecule has 1 saturated heterocycles. The van der Waals surface area contributed by atoms with Gasteiger partial charge in [0.05, 0.1) is 23.0 Å². The van der Waals surface area contributed by atoms with E-state index in [2.05, 4.69) is 5.32 Å². The number of anilines is 2. The Balaban J connectivity index is 1.68. The molecule has 5 nitrogen and oxygen atoms in total. The van der Waals surface area contributed by atoms with Crippen molar-refractivity contribution in [1.82, 2.24) is 0 Å². The van der Waals surface area contributed by atoms with Crippen molar-refractivity contribution in [3.63, 3.8) is 0 Å². The van der Waals surface area contributed by atoms with Crippen LogP contribution in [0, 0.1) is 5.92 Å². The quantitative estimate of drug-likeness (QED) is 0.555. The van der Waals surface area contributed by atoms with Gasteiger partial charge in [-0.05, 0) is 42.3 Å². The Morgan fingerprint density at radius 1 is 0.971 bits per heavy atom. The zero-order valence-corrected chi connectivity index (χ0v) is 19.1. The van der Waals surface area contributed by atoms with E-state index in [0.29, 0.717) is 16.3 Å². The molecule has 3 aliphatic heterocycles. The predicted molar refractivity (Wildman–Crippen MR) is 132 cm³/mol. The lowest BCUT2D eigenvalue weighted by molar-refractivity contribution is -0.122. The molecule has 34 heavy (non-hydrogen) atoms. The normalized spacial score (nSPS) is 26.1. The summed E-state index contributed by atoms with van der Waals surface area (Å²) in [5.41, 5.74) is 2.20. The molecular weight excluding hydrogens is 448 g/mol. The molecule has 1 spiro atoms. The Bertz CT molecular complexity index is 1410. The van der Waals surface area contributed by atoms with Crippen molar-refractivity contribution in [1.29, 1.82) is 0 Å². The zero-order chi connectivity index (χ0) is 23.6. The summed E-state index contributed by atoms with van der Waals surface area (Å²) in [6.07, 6.45) is 3.94. The Labute approximate surface area is 202 Å². The number of benzene rings is 3. The molecule has 1 amide bonds. The maximum Gasteiger partial charge on any atom is 0.238 e. The van der Waals surface area contributed by atoms with Gasteiger partial charge in [0, 0.05) is 16.9 Å². The topological polar surface area (TPSA) is 66.5 Å². The second kappa shape index (κ2) is 7.40. The maximum absolute atomic E-state index is 14.3.